The Morgan fingerprint density at radius 1 is 1.07 bits per heavy atom. The number of halogens is 3. The zero-order chi connectivity index (χ0) is 19.6. The molecule has 1 fully saturated rings. The molecule has 1 saturated heterocycles. The molecule has 1 aliphatic rings. The predicted molar refractivity (Wildman–Crippen MR) is 122 cm³/mol. The Morgan fingerprint density at radius 2 is 1.78 bits per heavy atom. The molecule has 27 heavy (non-hydrogen) atoms. The quantitative estimate of drug-likeness (QED) is 0.424. The molecule has 0 amide bonds. The molecule has 0 radical (unpaired) electrons. The van der Waals surface area contributed by atoms with Crippen LogP contribution in [0.4, 0.5) is 5.69 Å². The van der Waals surface area contributed by atoms with Crippen molar-refractivity contribution in [1.82, 2.24) is 4.72 Å². The first-order chi connectivity index (χ1) is 13.1. The maximum atomic E-state index is 6.41. The minimum atomic E-state index is 0.296. The van der Waals surface area contributed by atoms with Crippen molar-refractivity contribution >= 4 is 52.4 Å². The zero-order valence-corrected chi connectivity index (χ0v) is 18.5. The summed E-state index contributed by atoms with van der Waals surface area (Å²) in [7, 11) is 1.89. The number of nitrogens with zero attached hydrogens (tertiary/aromatic N) is 1. The number of benzene rings is 2. The van der Waals surface area contributed by atoms with E-state index in [1.165, 1.54) is 18.5 Å². The van der Waals surface area contributed by atoms with Gasteiger partial charge in [0.25, 0.3) is 0 Å². The highest BCUT2D eigenvalue weighted by Crippen LogP contribution is 2.38. The van der Waals surface area contributed by atoms with Gasteiger partial charge in [-0.2, -0.15) is 0 Å². The van der Waals surface area contributed by atoms with E-state index in [4.69, 9.17) is 40.5 Å². The third-order valence-corrected chi connectivity index (χ3v) is 5.89. The van der Waals surface area contributed by atoms with Crippen molar-refractivity contribution < 1.29 is 0 Å². The smallest absolute Gasteiger partial charge is 0.0557 e. The van der Waals surface area contributed by atoms with Gasteiger partial charge in [-0.05, 0) is 68.3 Å². The van der Waals surface area contributed by atoms with Crippen molar-refractivity contribution in [2.45, 2.75) is 25.3 Å². The highest BCUT2D eigenvalue weighted by molar-refractivity contribution is 7.97. The third-order valence-electron chi connectivity index (χ3n) is 4.35. The Bertz CT molecular complexity index is 693. The van der Waals surface area contributed by atoms with Gasteiger partial charge < -0.3 is 10.6 Å². The second-order valence-corrected chi connectivity index (χ2v) is 8.57. The summed E-state index contributed by atoms with van der Waals surface area (Å²) in [5, 5.41) is 2.18. The summed E-state index contributed by atoms with van der Waals surface area (Å²) in [6.45, 7) is 1.79. The number of rotatable bonds is 5. The molecule has 7 heteroatoms. The Hall–Kier alpha value is -0.620. The average molecular weight is 447 g/mol. The second kappa shape index (κ2) is 12.1. The summed E-state index contributed by atoms with van der Waals surface area (Å²) in [5.41, 5.74) is 7.49. The van der Waals surface area contributed by atoms with Crippen LogP contribution in [0.3, 0.4) is 0 Å². The van der Waals surface area contributed by atoms with Gasteiger partial charge in [0.05, 0.1) is 6.04 Å². The Morgan fingerprint density at radius 3 is 2.37 bits per heavy atom. The van der Waals surface area contributed by atoms with Crippen molar-refractivity contribution in [2.24, 2.45) is 5.73 Å². The van der Waals surface area contributed by atoms with Gasteiger partial charge in [-0.3, -0.25) is 4.72 Å². The molecule has 0 bridgehead atoms. The molecule has 1 unspecified atom stereocenters. The molecule has 1 aliphatic heterocycles. The summed E-state index contributed by atoms with van der Waals surface area (Å²) < 4.78 is 2.91. The fourth-order valence-corrected chi connectivity index (χ4v) is 4.11. The number of piperidine rings is 1. The lowest BCUT2D eigenvalue weighted by Gasteiger charge is -2.38. The van der Waals surface area contributed by atoms with E-state index in [0.717, 1.165) is 40.9 Å². The van der Waals surface area contributed by atoms with Crippen LogP contribution in [0.1, 0.15) is 30.9 Å². The molecular weight excluding hydrogens is 421 g/mol. The van der Waals surface area contributed by atoms with Crippen LogP contribution in [0.2, 0.25) is 15.1 Å². The average Bonchev–Trinajstić information content (AvgIpc) is 2.68. The normalized spacial score (nSPS) is 16.6. The van der Waals surface area contributed by atoms with E-state index in [-0.39, 0.29) is 0 Å². The van der Waals surface area contributed by atoms with E-state index in [9.17, 15) is 0 Å². The number of hydrogen-bond donors (Lipinski definition) is 2. The Labute approximate surface area is 181 Å². The lowest BCUT2D eigenvalue weighted by molar-refractivity contribution is 0.473. The van der Waals surface area contributed by atoms with Crippen molar-refractivity contribution in [1.29, 1.82) is 0 Å². The molecule has 0 spiro atoms. The van der Waals surface area contributed by atoms with Crippen LogP contribution in [0.15, 0.2) is 42.5 Å². The van der Waals surface area contributed by atoms with E-state index in [1.807, 2.05) is 37.4 Å². The highest BCUT2D eigenvalue weighted by Gasteiger charge is 2.25. The van der Waals surface area contributed by atoms with E-state index >= 15 is 0 Å². The van der Waals surface area contributed by atoms with E-state index < -0.39 is 0 Å². The molecule has 1 heterocycles. The summed E-state index contributed by atoms with van der Waals surface area (Å²) in [4.78, 5) is 2.41. The van der Waals surface area contributed by atoms with Gasteiger partial charge >= 0.3 is 0 Å². The summed E-state index contributed by atoms with van der Waals surface area (Å²) in [5.74, 6) is 0.997. The first-order valence-corrected chi connectivity index (χ1v) is 11.1. The lowest BCUT2D eigenvalue weighted by Crippen LogP contribution is -2.33. The van der Waals surface area contributed by atoms with Crippen molar-refractivity contribution in [3.8, 4) is 0 Å². The van der Waals surface area contributed by atoms with Gasteiger partial charge in [-0.25, -0.2) is 0 Å². The molecule has 0 aliphatic carbocycles. The van der Waals surface area contributed by atoms with Gasteiger partial charge in [0.2, 0.25) is 0 Å². The second-order valence-electron chi connectivity index (χ2n) is 6.19. The van der Waals surface area contributed by atoms with Crippen LogP contribution < -0.4 is 15.4 Å². The van der Waals surface area contributed by atoms with Crippen molar-refractivity contribution in [2.75, 3.05) is 30.8 Å². The van der Waals surface area contributed by atoms with Crippen LogP contribution in [0.5, 0.6) is 0 Å². The van der Waals surface area contributed by atoms with Gasteiger partial charge in [0.1, 0.15) is 0 Å². The van der Waals surface area contributed by atoms with Crippen LogP contribution >= 0.6 is 46.8 Å². The number of nitrogens with two attached hydrogens (primary N) is 1. The SMILES string of the molecule is CNSCCN.Clc1ccc(N2CCCCC2c2ccc(Cl)cc2Cl)cc1. The highest BCUT2D eigenvalue weighted by atomic mass is 35.5. The van der Waals surface area contributed by atoms with Crippen molar-refractivity contribution in [3.63, 3.8) is 0 Å². The van der Waals surface area contributed by atoms with Gasteiger partial charge in [-0.1, -0.05) is 52.8 Å². The molecule has 0 aromatic heterocycles. The maximum Gasteiger partial charge on any atom is 0.0557 e. The minimum Gasteiger partial charge on any atom is -0.364 e. The first kappa shape index (κ1) is 22.7. The molecule has 3 rings (SSSR count). The standard InChI is InChI=1S/C17H16Cl3N.C3H10N2S/c18-12-4-7-14(8-5-12)21-10-2-1-3-17(21)15-9-6-13(19)11-16(15)20;1-5-6-3-2-4/h4-9,11,17H,1-3,10H2;5H,2-4H2,1H3. The first-order valence-electron chi connectivity index (χ1n) is 9.02. The molecule has 2 aromatic rings. The van der Waals surface area contributed by atoms with Crippen LogP contribution in [-0.2, 0) is 0 Å². The van der Waals surface area contributed by atoms with Crippen LogP contribution in [0.25, 0.3) is 0 Å². The lowest BCUT2D eigenvalue weighted by atomic mass is 9.94. The number of hydrogen-bond acceptors (Lipinski definition) is 4. The molecule has 1 atom stereocenters. The molecule has 2 aromatic carbocycles. The largest absolute Gasteiger partial charge is 0.364 e. The summed E-state index contributed by atoms with van der Waals surface area (Å²) in [6.07, 6.45) is 3.52. The fourth-order valence-electron chi connectivity index (χ4n) is 3.13. The topological polar surface area (TPSA) is 41.3 Å². The van der Waals surface area contributed by atoms with Gasteiger partial charge in [0, 0.05) is 39.6 Å². The fraction of sp³-hybridized carbons (Fsp3) is 0.400. The Kier molecular flexibility index (Phi) is 10.1. The van der Waals surface area contributed by atoms with E-state index in [1.54, 1.807) is 11.9 Å². The minimum absolute atomic E-state index is 0.296. The monoisotopic (exact) mass is 445 g/mol. The molecular formula is C20H26Cl3N3S. The van der Waals surface area contributed by atoms with Gasteiger partial charge in [-0.15, -0.1) is 0 Å². The zero-order valence-electron chi connectivity index (χ0n) is 15.4. The number of nitrogens with one attached hydrogen (secondary N) is 1. The molecule has 148 valence electrons. The Balaban J connectivity index is 0.000000380. The predicted octanol–water partition coefficient (Wildman–Crippen LogP) is 6.19. The number of anilines is 1. The van der Waals surface area contributed by atoms with E-state index in [2.05, 4.69) is 21.8 Å². The van der Waals surface area contributed by atoms with Crippen LogP contribution in [0, 0.1) is 0 Å². The van der Waals surface area contributed by atoms with Gasteiger partial charge in [0.15, 0.2) is 0 Å². The third kappa shape index (κ3) is 7.04. The summed E-state index contributed by atoms with van der Waals surface area (Å²) >= 11 is 20.0. The summed E-state index contributed by atoms with van der Waals surface area (Å²) in [6, 6.07) is 14.1. The maximum absolute atomic E-state index is 6.41. The molecule has 3 N–H and O–H groups in total. The van der Waals surface area contributed by atoms with Crippen molar-refractivity contribution in [3.05, 3.63) is 63.1 Å². The molecule has 0 saturated carbocycles. The van der Waals surface area contributed by atoms with E-state index in [0.29, 0.717) is 11.1 Å². The molecule has 3 nitrogen and oxygen atoms in total. The van der Waals surface area contributed by atoms with Crippen LogP contribution in [-0.4, -0.2) is 25.9 Å².